The molecule has 20 heavy (non-hydrogen) atoms. The van der Waals surface area contributed by atoms with E-state index in [9.17, 15) is 4.79 Å². The van der Waals surface area contributed by atoms with Crippen molar-refractivity contribution in [3.63, 3.8) is 0 Å². The SMILES string of the molecule is NCc1cc(C(=O)NCCc2ccc(Cl)cc2)ccn1. The maximum absolute atomic E-state index is 12.0. The molecule has 4 nitrogen and oxygen atoms in total. The van der Waals surface area contributed by atoms with Crippen LogP contribution in [0.4, 0.5) is 0 Å². The van der Waals surface area contributed by atoms with Crippen LogP contribution in [0.1, 0.15) is 21.6 Å². The average molecular weight is 290 g/mol. The summed E-state index contributed by atoms with van der Waals surface area (Å²) in [4.78, 5) is 16.0. The summed E-state index contributed by atoms with van der Waals surface area (Å²) >= 11 is 5.82. The fourth-order valence-electron chi connectivity index (χ4n) is 1.80. The van der Waals surface area contributed by atoms with Gasteiger partial charge in [0.1, 0.15) is 0 Å². The second-order valence-electron chi connectivity index (χ2n) is 4.37. The maximum atomic E-state index is 12.0. The normalized spacial score (nSPS) is 10.3. The Hall–Kier alpha value is -1.91. The van der Waals surface area contributed by atoms with E-state index in [1.54, 1.807) is 18.3 Å². The zero-order valence-corrected chi connectivity index (χ0v) is 11.7. The summed E-state index contributed by atoms with van der Waals surface area (Å²) in [6, 6.07) is 11.0. The molecule has 0 atom stereocenters. The molecule has 1 aromatic heterocycles. The number of amides is 1. The van der Waals surface area contributed by atoms with Crippen LogP contribution in [0.3, 0.4) is 0 Å². The van der Waals surface area contributed by atoms with Crippen LogP contribution < -0.4 is 11.1 Å². The van der Waals surface area contributed by atoms with Crippen LogP contribution in [-0.4, -0.2) is 17.4 Å². The second-order valence-corrected chi connectivity index (χ2v) is 4.81. The summed E-state index contributed by atoms with van der Waals surface area (Å²) in [5, 5.41) is 3.58. The molecule has 1 amide bonds. The number of nitrogens with zero attached hydrogens (tertiary/aromatic N) is 1. The van der Waals surface area contributed by atoms with Crippen LogP contribution in [0.2, 0.25) is 5.02 Å². The second kappa shape index (κ2) is 7.03. The van der Waals surface area contributed by atoms with Gasteiger partial charge in [-0.15, -0.1) is 0 Å². The first-order valence-electron chi connectivity index (χ1n) is 6.36. The number of aromatic nitrogens is 1. The van der Waals surface area contributed by atoms with E-state index in [-0.39, 0.29) is 5.91 Å². The Bertz CT molecular complexity index is 584. The van der Waals surface area contributed by atoms with Gasteiger partial charge in [-0.05, 0) is 36.2 Å². The van der Waals surface area contributed by atoms with Crippen molar-refractivity contribution in [2.75, 3.05) is 6.54 Å². The first kappa shape index (κ1) is 14.5. The zero-order valence-electron chi connectivity index (χ0n) is 11.0. The smallest absolute Gasteiger partial charge is 0.251 e. The number of hydrogen-bond acceptors (Lipinski definition) is 3. The van der Waals surface area contributed by atoms with E-state index in [4.69, 9.17) is 17.3 Å². The number of hydrogen-bond donors (Lipinski definition) is 2. The lowest BCUT2D eigenvalue weighted by Gasteiger charge is -2.06. The van der Waals surface area contributed by atoms with Crippen LogP contribution in [0.5, 0.6) is 0 Å². The maximum Gasteiger partial charge on any atom is 0.251 e. The van der Waals surface area contributed by atoms with Gasteiger partial charge in [-0.3, -0.25) is 9.78 Å². The highest BCUT2D eigenvalue weighted by atomic mass is 35.5. The first-order chi connectivity index (χ1) is 9.69. The lowest BCUT2D eigenvalue weighted by Crippen LogP contribution is -2.26. The summed E-state index contributed by atoms with van der Waals surface area (Å²) in [5.74, 6) is -0.115. The summed E-state index contributed by atoms with van der Waals surface area (Å²) in [5.41, 5.74) is 7.92. The molecule has 0 spiro atoms. The lowest BCUT2D eigenvalue weighted by atomic mass is 10.1. The van der Waals surface area contributed by atoms with E-state index in [1.807, 2.05) is 24.3 Å². The number of nitrogens with two attached hydrogens (primary N) is 1. The summed E-state index contributed by atoms with van der Waals surface area (Å²) in [6.45, 7) is 0.895. The molecule has 5 heteroatoms. The van der Waals surface area contributed by atoms with Gasteiger partial charge in [-0.2, -0.15) is 0 Å². The van der Waals surface area contributed by atoms with Crippen LogP contribution in [0.15, 0.2) is 42.6 Å². The molecule has 0 aliphatic heterocycles. The van der Waals surface area contributed by atoms with Gasteiger partial charge in [0.15, 0.2) is 0 Å². The number of benzene rings is 1. The molecule has 0 aliphatic carbocycles. The molecule has 2 aromatic rings. The van der Waals surface area contributed by atoms with E-state index in [1.165, 1.54) is 0 Å². The minimum absolute atomic E-state index is 0.115. The molecule has 0 radical (unpaired) electrons. The van der Waals surface area contributed by atoms with E-state index < -0.39 is 0 Å². The third kappa shape index (κ3) is 4.05. The Morgan fingerprint density at radius 1 is 1.25 bits per heavy atom. The molecule has 1 heterocycles. The summed E-state index contributed by atoms with van der Waals surface area (Å²) in [7, 11) is 0. The van der Waals surface area contributed by atoms with Crippen LogP contribution in [-0.2, 0) is 13.0 Å². The minimum Gasteiger partial charge on any atom is -0.352 e. The summed E-state index contributed by atoms with van der Waals surface area (Å²) < 4.78 is 0. The van der Waals surface area contributed by atoms with Crippen LogP contribution in [0.25, 0.3) is 0 Å². The average Bonchev–Trinajstić information content (AvgIpc) is 2.49. The molecule has 0 aliphatic rings. The van der Waals surface area contributed by atoms with Crippen molar-refractivity contribution >= 4 is 17.5 Å². The van der Waals surface area contributed by atoms with Crippen molar-refractivity contribution in [2.24, 2.45) is 5.73 Å². The number of rotatable bonds is 5. The van der Waals surface area contributed by atoms with Crippen molar-refractivity contribution in [1.29, 1.82) is 0 Å². The van der Waals surface area contributed by atoms with Crippen molar-refractivity contribution in [3.8, 4) is 0 Å². The van der Waals surface area contributed by atoms with Crippen LogP contribution in [0, 0.1) is 0 Å². The Morgan fingerprint density at radius 3 is 2.70 bits per heavy atom. The van der Waals surface area contributed by atoms with Crippen molar-refractivity contribution in [2.45, 2.75) is 13.0 Å². The largest absolute Gasteiger partial charge is 0.352 e. The lowest BCUT2D eigenvalue weighted by molar-refractivity contribution is 0.0954. The number of carbonyl (C=O) groups excluding carboxylic acids is 1. The molecule has 0 bridgehead atoms. The van der Waals surface area contributed by atoms with Gasteiger partial charge < -0.3 is 11.1 Å². The molecule has 104 valence electrons. The third-order valence-electron chi connectivity index (χ3n) is 2.90. The quantitative estimate of drug-likeness (QED) is 0.886. The Labute approximate surface area is 123 Å². The highest BCUT2D eigenvalue weighted by molar-refractivity contribution is 6.30. The first-order valence-corrected chi connectivity index (χ1v) is 6.74. The van der Waals surface area contributed by atoms with Gasteiger partial charge in [0.25, 0.3) is 5.91 Å². The Balaban J connectivity index is 1.87. The molecule has 2 rings (SSSR count). The predicted octanol–water partition coefficient (Wildman–Crippen LogP) is 2.17. The summed E-state index contributed by atoms with van der Waals surface area (Å²) in [6.07, 6.45) is 2.36. The molecule has 0 unspecified atom stereocenters. The molecular formula is C15H16ClN3O. The topological polar surface area (TPSA) is 68.0 Å². The predicted molar refractivity (Wildman–Crippen MR) is 79.6 cm³/mol. The van der Waals surface area contributed by atoms with E-state index in [2.05, 4.69) is 10.3 Å². The van der Waals surface area contributed by atoms with Gasteiger partial charge in [0.05, 0.1) is 5.69 Å². The molecule has 0 fully saturated rings. The molecular weight excluding hydrogens is 274 g/mol. The highest BCUT2D eigenvalue weighted by Crippen LogP contribution is 2.09. The Kier molecular flexibility index (Phi) is 5.09. The Morgan fingerprint density at radius 2 is 2.00 bits per heavy atom. The van der Waals surface area contributed by atoms with E-state index in [0.29, 0.717) is 29.4 Å². The number of halogens is 1. The third-order valence-corrected chi connectivity index (χ3v) is 3.15. The molecule has 0 saturated heterocycles. The number of pyridine rings is 1. The number of nitrogens with one attached hydrogen (secondary N) is 1. The van der Waals surface area contributed by atoms with Crippen LogP contribution >= 0.6 is 11.6 Å². The fourth-order valence-corrected chi connectivity index (χ4v) is 1.93. The molecule has 3 N–H and O–H groups in total. The fraction of sp³-hybridized carbons (Fsp3) is 0.200. The van der Waals surface area contributed by atoms with Gasteiger partial charge in [-0.25, -0.2) is 0 Å². The highest BCUT2D eigenvalue weighted by Gasteiger charge is 2.05. The van der Waals surface area contributed by atoms with Crippen molar-refractivity contribution < 1.29 is 4.79 Å². The standard InChI is InChI=1S/C15H16ClN3O/c16-13-3-1-11(2-4-13)5-7-19-15(20)12-6-8-18-14(9-12)10-17/h1-4,6,8-9H,5,7,10,17H2,(H,19,20). The molecule has 0 saturated carbocycles. The van der Waals surface area contributed by atoms with Gasteiger partial charge >= 0.3 is 0 Å². The molecule has 1 aromatic carbocycles. The monoisotopic (exact) mass is 289 g/mol. The minimum atomic E-state index is -0.115. The number of carbonyl (C=O) groups is 1. The van der Waals surface area contributed by atoms with E-state index >= 15 is 0 Å². The van der Waals surface area contributed by atoms with Gasteiger partial charge in [-0.1, -0.05) is 23.7 Å². The van der Waals surface area contributed by atoms with Gasteiger partial charge in [0, 0.05) is 29.9 Å². The zero-order chi connectivity index (χ0) is 14.4. The van der Waals surface area contributed by atoms with Crippen molar-refractivity contribution in [1.82, 2.24) is 10.3 Å². The van der Waals surface area contributed by atoms with Gasteiger partial charge in [0.2, 0.25) is 0 Å². The van der Waals surface area contributed by atoms with E-state index in [0.717, 1.165) is 12.0 Å². The van der Waals surface area contributed by atoms with Crippen molar-refractivity contribution in [3.05, 3.63) is 64.4 Å².